The molecular weight excluding hydrogens is 188 g/mol. The van der Waals surface area contributed by atoms with Gasteiger partial charge in [-0.1, -0.05) is 30.3 Å². The topological polar surface area (TPSA) is 26.3 Å². The molecule has 1 aromatic rings. The monoisotopic (exact) mass is 206 g/mol. The Morgan fingerprint density at radius 3 is 2.60 bits per heavy atom. The van der Waals surface area contributed by atoms with Gasteiger partial charge >= 0.3 is 0 Å². The van der Waals surface area contributed by atoms with Crippen LogP contribution in [0.2, 0.25) is 0 Å². The Bertz CT molecular complexity index is 280. The third-order valence-corrected chi connectivity index (χ3v) is 2.24. The molecular formula is C13H18O2. The highest BCUT2D eigenvalue weighted by Crippen LogP contribution is 2.06. The highest BCUT2D eigenvalue weighted by molar-refractivity contribution is 5.95. The fraction of sp³-hybridized carbons (Fsp3) is 0.462. The predicted molar refractivity (Wildman–Crippen MR) is 61.1 cm³/mol. The summed E-state index contributed by atoms with van der Waals surface area (Å²) in [4.78, 5) is 11.6. The summed E-state index contributed by atoms with van der Waals surface area (Å²) in [6.45, 7) is 3.50. The van der Waals surface area contributed by atoms with Crippen LogP contribution in [0.4, 0.5) is 0 Å². The van der Waals surface area contributed by atoms with Gasteiger partial charge in [0, 0.05) is 25.2 Å². The van der Waals surface area contributed by atoms with Crippen LogP contribution in [0.5, 0.6) is 0 Å². The van der Waals surface area contributed by atoms with Crippen LogP contribution in [-0.4, -0.2) is 19.0 Å². The van der Waals surface area contributed by atoms with Gasteiger partial charge in [-0.05, 0) is 19.8 Å². The van der Waals surface area contributed by atoms with Crippen LogP contribution in [0, 0.1) is 0 Å². The van der Waals surface area contributed by atoms with Gasteiger partial charge in [0.25, 0.3) is 0 Å². The predicted octanol–water partition coefficient (Wildman–Crippen LogP) is 3.08. The zero-order valence-electron chi connectivity index (χ0n) is 9.24. The molecule has 0 saturated carbocycles. The van der Waals surface area contributed by atoms with Crippen molar-refractivity contribution < 1.29 is 9.53 Å². The van der Waals surface area contributed by atoms with E-state index in [1.165, 1.54) is 0 Å². The number of ketones is 1. The number of hydrogen-bond acceptors (Lipinski definition) is 2. The average Bonchev–Trinajstić information content (AvgIpc) is 2.30. The minimum Gasteiger partial charge on any atom is -0.382 e. The Kier molecular flexibility index (Phi) is 5.71. The molecule has 15 heavy (non-hydrogen) atoms. The van der Waals surface area contributed by atoms with Crippen molar-refractivity contribution in [3.63, 3.8) is 0 Å². The van der Waals surface area contributed by atoms with E-state index in [-0.39, 0.29) is 5.78 Å². The van der Waals surface area contributed by atoms with Crippen molar-refractivity contribution in [1.82, 2.24) is 0 Å². The van der Waals surface area contributed by atoms with E-state index in [2.05, 4.69) is 0 Å². The smallest absolute Gasteiger partial charge is 0.162 e. The number of unbranched alkanes of at least 4 members (excludes halogenated alkanes) is 1. The normalized spacial score (nSPS) is 10.2. The zero-order chi connectivity index (χ0) is 10.9. The van der Waals surface area contributed by atoms with Crippen LogP contribution in [0.1, 0.15) is 36.5 Å². The first-order valence-corrected chi connectivity index (χ1v) is 5.50. The average molecular weight is 206 g/mol. The molecule has 0 spiro atoms. The van der Waals surface area contributed by atoms with E-state index < -0.39 is 0 Å². The van der Waals surface area contributed by atoms with Crippen molar-refractivity contribution in [3.8, 4) is 0 Å². The molecule has 0 atom stereocenters. The molecule has 0 unspecified atom stereocenters. The number of carbonyl (C=O) groups is 1. The molecule has 0 aliphatic carbocycles. The van der Waals surface area contributed by atoms with Gasteiger partial charge in [0.1, 0.15) is 0 Å². The summed E-state index contributed by atoms with van der Waals surface area (Å²) in [5.74, 6) is 0.229. The lowest BCUT2D eigenvalue weighted by molar-refractivity contribution is 0.0970. The van der Waals surface area contributed by atoms with Crippen molar-refractivity contribution in [1.29, 1.82) is 0 Å². The molecule has 0 saturated heterocycles. The van der Waals surface area contributed by atoms with Gasteiger partial charge in [0.05, 0.1) is 0 Å². The fourth-order valence-corrected chi connectivity index (χ4v) is 1.40. The van der Waals surface area contributed by atoms with Crippen molar-refractivity contribution in [2.24, 2.45) is 0 Å². The summed E-state index contributed by atoms with van der Waals surface area (Å²) in [6.07, 6.45) is 2.50. The number of hydrogen-bond donors (Lipinski definition) is 0. The third kappa shape index (κ3) is 4.75. The Hall–Kier alpha value is -1.15. The van der Waals surface area contributed by atoms with Crippen molar-refractivity contribution in [2.75, 3.05) is 13.2 Å². The van der Waals surface area contributed by atoms with Gasteiger partial charge in [-0.15, -0.1) is 0 Å². The molecule has 0 amide bonds. The quantitative estimate of drug-likeness (QED) is 0.506. The first-order valence-electron chi connectivity index (χ1n) is 5.50. The molecule has 0 fully saturated rings. The molecule has 0 bridgehead atoms. The van der Waals surface area contributed by atoms with Crippen LogP contribution in [0.25, 0.3) is 0 Å². The van der Waals surface area contributed by atoms with E-state index in [1.54, 1.807) is 0 Å². The minimum absolute atomic E-state index is 0.229. The lowest BCUT2D eigenvalue weighted by Gasteiger charge is -2.01. The second-order valence-electron chi connectivity index (χ2n) is 3.44. The van der Waals surface area contributed by atoms with Crippen LogP contribution < -0.4 is 0 Å². The maximum atomic E-state index is 11.6. The second kappa shape index (κ2) is 7.18. The largest absolute Gasteiger partial charge is 0.382 e. The summed E-state index contributed by atoms with van der Waals surface area (Å²) in [5.41, 5.74) is 0.814. The number of carbonyl (C=O) groups excluding carboxylic acids is 1. The molecule has 0 aromatic heterocycles. The van der Waals surface area contributed by atoms with Crippen molar-refractivity contribution in [3.05, 3.63) is 35.9 Å². The molecule has 0 N–H and O–H groups in total. The summed E-state index contributed by atoms with van der Waals surface area (Å²) < 4.78 is 5.21. The lowest BCUT2D eigenvalue weighted by Crippen LogP contribution is -2.00. The zero-order valence-corrected chi connectivity index (χ0v) is 9.24. The summed E-state index contributed by atoms with van der Waals surface area (Å²) in [7, 11) is 0. The first kappa shape index (κ1) is 11.9. The van der Waals surface area contributed by atoms with E-state index in [0.29, 0.717) is 6.42 Å². The van der Waals surface area contributed by atoms with Crippen LogP contribution in [0.3, 0.4) is 0 Å². The van der Waals surface area contributed by atoms with Crippen LogP contribution in [0.15, 0.2) is 30.3 Å². The molecule has 82 valence electrons. The van der Waals surface area contributed by atoms with Gasteiger partial charge in [-0.2, -0.15) is 0 Å². The molecule has 0 radical (unpaired) electrons. The Morgan fingerprint density at radius 1 is 1.20 bits per heavy atom. The van der Waals surface area contributed by atoms with Crippen molar-refractivity contribution in [2.45, 2.75) is 26.2 Å². The molecule has 0 heterocycles. The van der Waals surface area contributed by atoms with E-state index >= 15 is 0 Å². The molecule has 1 rings (SSSR count). The SMILES string of the molecule is CCOCCCCC(=O)c1ccccc1. The highest BCUT2D eigenvalue weighted by Gasteiger charge is 2.03. The standard InChI is InChI=1S/C13H18O2/c1-2-15-11-7-6-10-13(14)12-8-4-3-5-9-12/h3-5,8-9H,2,6-7,10-11H2,1H3. The Labute approximate surface area is 91.3 Å². The summed E-state index contributed by atoms with van der Waals surface area (Å²) in [6, 6.07) is 9.45. The second-order valence-corrected chi connectivity index (χ2v) is 3.44. The number of Topliss-reactive ketones (excluding diaryl/α,β-unsaturated/α-hetero) is 1. The first-order chi connectivity index (χ1) is 7.34. The van der Waals surface area contributed by atoms with E-state index in [4.69, 9.17) is 4.74 Å². The molecule has 0 aliphatic heterocycles. The Morgan fingerprint density at radius 2 is 1.93 bits per heavy atom. The van der Waals surface area contributed by atoms with E-state index in [9.17, 15) is 4.79 Å². The van der Waals surface area contributed by atoms with Crippen LogP contribution in [-0.2, 0) is 4.74 Å². The highest BCUT2D eigenvalue weighted by atomic mass is 16.5. The van der Waals surface area contributed by atoms with Crippen molar-refractivity contribution >= 4 is 5.78 Å². The summed E-state index contributed by atoms with van der Waals surface area (Å²) >= 11 is 0. The van der Waals surface area contributed by atoms with Gasteiger partial charge in [-0.3, -0.25) is 4.79 Å². The Balaban J connectivity index is 2.20. The lowest BCUT2D eigenvalue weighted by atomic mass is 10.1. The van der Waals surface area contributed by atoms with Gasteiger partial charge < -0.3 is 4.74 Å². The molecule has 0 aliphatic rings. The maximum absolute atomic E-state index is 11.6. The van der Waals surface area contributed by atoms with Crippen LogP contribution >= 0.6 is 0 Å². The van der Waals surface area contributed by atoms with Gasteiger partial charge in [0.15, 0.2) is 5.78 Å². The van der Waals surface area contributed by atoms with Gasteiger partial charge in [0.2, 0.25) is 0 Å². The molecule has 1 aromatic carbocycles. The van der Waals surface area contributed by atoms with E-state index in [0.717, 1.165) is 31.6 Å². The minimum atomic E-state index is 0.229. The van der Waals surface area contributed by atoms with Gasteiger partial charge in [-0.25, -0.2) is 0 Å². The number of ether oxygens (including phenoxy) is 1. The molecule has 2 nitrogen and oxygen atoms in total. The van der Waals surface area contributed by atoms with E-state index in [1.807, 2.05) is 37.3 Å². The fourth-order valence-electron chi connectivity index (χ4n) is 1.40. The maximum Gasteiger partial charge on any atom is 0.162 e. The summed E-state index contributed by atoms with van der Waals surface area (Å²) in [5, 5.41) is 0. The number of rotatable bonds is 7. The number of benzene rings is 1. The molecule has 2 heteroatoms. The third-order valence-electron chi connectivity index (χ3n) is 2.24.